The van der Waals surface area contributed by atoms with Gasteiger partial charge in [0.15, 0.2) is 0 Å². The van der Waals surface area contributed by atoms with Gasteiger partial charge in [0.1, 0.15) is 29.2 Å². The zero-order valence-corrected chi connectivity index (χ0v) is 19.9. The van der Waals surface area contributed by atoms with Crippen molar-refractivity contribution in [3.05, 3.63) is 63.5 Å². The Morgan fingerprint density at radius 3 is 2.69 bits per heavy atom. The topological polar surface area (TPSA) is 80.6 Å². The van der Waals surface area contributed by atoms with E-state index in [1.54, 1.807) is 30.0 Å². The van der Waals surface area contributed by atoms with Crippen LogP contribution < -0.4 is 10.5 Å². The van der Waals surface area contributed by atoms with Crippen molar-refractivity contribution in [3.8, 4) is 0 Å². The van der Waals surface area contributed by atoms with Gasteiger partial charge in [-0.3, -0.25) is 14.2 Å². The summed E-state index contributed by atoms with van der Waals surface area (Å²) in [6.07, 6.45) is -1.20. The molecule has 0 aliphatic carbocycles. The number of anilines is 1. The van der Waals surface area contributed by atoms with E-state index in [0.717, 1.165) is 6.07 Å². The number of alkyl halides is 2. The van der Waals surface area contributed by atoms with Crippen LogP contribution in [-0.4, -0.2) is 52.6 Å². The quantitative estimate of drug-likeness (QED) is 0.529. The number of rotatable bonds is 6. The van der Waals surface area contributed by atoms with E-state index in [9.17, 15) is 22.8 Å². The zero-order chi connectivity index (χ0) is 25.5. The summed E-state index contributed by atoms with van der Waals surface area (Å²) in [4.78, 5) is 37.1. The fourth-order valence-electron chi connectivity index (χ4n) is 4.66. The zero-order valence-electron chi connectivity index (χ0n) is 19.9. The summed E-state index contributed by atoms with van der Waals surface area (Å²) in [6, 6.07) is 5.54. The monoisotopic (exact) mass is 489 g/mol. The number of halogens is 3. The Balaban J connectivity index is 1.81. The van der Waals surface area contributed by atoms with Gasteiger partial charge in [0.05, 0.1) is 23.1 Å². The van der Waals surface area contributed by atoms with Gasteiger partial charge in [-0.1, -0.05) is 18.2 Å². The molecule has 2 aromatic heterocycles. The van der Waals surface area contributed by atoms with Gasteiger partial charge >= 0.3 is 0 Å². The number of ether oxygens (including phenoxy) is 1. The van der Waals surface area contributed by atoms with E-state index in [1.165, 1.54) is 37.1 Å². The van der Waals surface area contributed by atoms with Gasteiger partial charge in [0, 0.05) is 53.2 Å². The minimum Gasteiger partial charge on any atom is -0.371 e. The molecule has 1 aliphatic heterocycles. The van der Waals surface area contributed by atoms with Gasteiger partial charge in [-0.2, -0.15) is 0 Å². The van der Waals surface area contributed by atoms with Gasteiger partial charge < -0.3 is 14.5 Å². The Morgan fingerprint density at radius 2 is 2.06 bits per heavy atom. The van der Waals surface area contributed by atoms with Crippen molar-refractivity contribution in [2.24, 2.45) is 7.05 Å². The summed E-state index contributed by atoms with van der Waals surface area (Å²) in [5.41, 5.74) is -1.18. The molecule has 0 N–H and O–H groups in total. The van der Waals surface area contributed by atoms with Crippen molar-refractivity contribution in [1.82, 2.24) is 19.4 Å². The molecule has 1 unspecified atom stereocenters. The largest absolute Gasteiger partial charge is 0.371 e. The minimum absolute atomic E-state index is 0.0375. The van der Waals surface area contributed by atoms with Crippen molar-refractivity contribution in [2.45, 2.75) is 31.9 Å². The molecular formula is C24H26F3N5O3. The third kappa shape index (κ3) is 4.24. The van der Waals surface area contributed by atoms with Gasteiger partial charge in [-0.15, -0.1) is 0 Å². The number of carbonyl (C=O) groups is 1. The highest BCUT2D eigenvalue weighted by Crippen LogP contribution is 2.36. The molecule has 4 rings (SSSR count). The van der Waals surface area contributed by atoms with E-state index in [1.807, 2.05) is 0 Å². The van der Waals surface area contributed by atoms with Crippen molar-refractivity contribution in [2.75, 3.05) is 32.1 Å². The highest BCUT2D eigenvalue weighted by Gasteiger charge is 2.43. The van der Waals surface area contributed by atoms with E-state index in [2.05, 4.69) is 9.97 Å². The van der Waals surface area contributed by atoms with Crippen LogP contribution in [0, 0.1) is 5.82 Å². The Morgan fingerprint density at radius 1 is 1.31 bits per heavy atom. The number of carbonyl (C=O) groups excluding carboxylic acids is 1. The second kappa shape index (κ2) is 9.29. The second-order valence-corrected chi connectivity index (χ2v) is 8.72. The molecule has 1 amide bonds. The maximum absolute atomic E-state index is 14.7. The predicted molar refractivity (Wildman–Crippen MR) is 124 cm³/mol. The average Bonchev–Trinajstić information content (AvgIpc) is 3.28. The fourth-order valence-corrected chi connectivity index (χ4v) is 4.66. The molecule has 11 heteroatoms. The van der Waals surface area contributed by atoms with Crippen LogP contribution in [-0.2, 0) is 28.7 Å². The summed E-state index contributed by atoms with van der Waals surface area (Å²) >= 11 is 0. The minimum atomic E-state index is -2.93. The van der Waals surface area contributed by atoms with E-state index in [0.29, 0.717) is 35.4 Å². The highest BCUT2D eigenvalue weighted by atomic mass is 19.3. The lowest BCUT2D eigenvalue weighted by Crippen LogP contribution is -2.40. The lowest BCUT2D eigenvalue weighted by atomic mass is 9.92. The lowest BCUT2D eigenvalue weighted by Gasteiger charge is -2.29. The van der Waals surface area contributed by atoms with Crippen molar-refractivity contribution in [1.29, 1.82) is 0 Å². The van der Waals surface area contributed by atoms with Crippen LogP contribution in [0.2, 0.25) is 0 Å². The predicted octanol–water partition coefficient (Wildman–Crippen LogP) is 3.14. The van der Waals surface area contributed by atoms with Crippen LogP contribution in [0.1, 0.15) is 36.5 Å². The lowest BCUT2D eigenvalue weighted by molar-refractivity contribution is -0.129. The summed E-state index contributed by atoms with van der Waals surface area (Å²) in [7, 11) is 4.73. The van der Waals surface area contributed by atoms with E-state index < -0.39 is 23.4 Å². The van der Waals surface area contributed by atoms with Gasteiger partial charge in [0.2, 0.25) is 5.91 Å². The molecule has 35 heavy (non-hydrogen) atoms. The molecule has 186 valence electrons. The van der Waals surface area contributed by atoms with Crippen molar-refractivity contribution >= 4 is 22.8 Å². The maximum Gasteiger partial charge on any atom is 0.266 e. The Bertz CT molecular complexity index is 1350. The Labute approximate surface area is 200 Å². The van der Waals surface area contributed by atoms with Crippen LogP contribution in [0.5, 0.6) is 0 Å². The standard InChI is InChI=1S/C24H26F3N5O3/c1-14(33)32-9-8-24(12-32,35-4)18-10-17-21(28-13-29-22(17)31(3)23(18)34)30(2)11-15-6-5-7-16(19(15)25)20(26)27/h5-7,10,13,20H,8-9,11-12H2,1-4H3. The molecular weight excluding hydrogens is 463 g/mol. The third-order valence-corrected chi connectivity index (χ3v) is 6.65. The number of pyridine rings is 1. The van der Waals surface area contributed by atoms with Crippen LogP contribution in [0.15, 0.2) is 35.4 Å². The number of benzene rings is 1. The first-order chi connectivity index (χ1) is 16.6. The number of fused-ring (bicyclic) bond motifs is 1. The van der Waals surface area contributed by atoms with Gasteiger partial charge in [-0.25, -0.2) is 23.1 Å². The van der Waals surface area contributed by atoms with Crippen LogP contribution in [0.4, 0.5) is 19.0 Å². The Kier molecular flexibility index (Phi) is 6.54. The first-order valence-electron chi connectivity index (χ1n) is 11.0. The number of nitrogens with zero attached hydrogens (tertiary/aromatic N) is 5. The van der Waals surface area contributed by atoms with Crippen LogP contribution in [0.25, 0.3) is 11.0 Å². The van der Waals surface area contributed by atoms with Gasteiger partial charge in [0.25, 0.3) is 12.0 Å². The SMILES string of the molecule is COC1(c2cc3c(N(C)Cc4cccc(C(F)F)c4F)ncnc3n(C)c2=O)CCN(C(C)=O)C1. The molecule has 3 aromatic rings. The molecule has 1 atom stereocenters. The van der Waals surface area contributed by atoms with E-state index >= 15 is 0 Å². The number of hydrogen-bond acceptors (Lipinski definition) is 6. The molecule has 1 aromatic carbocycles. The molecule has 0 spiro atoms. The van der Waals surface area contributed by atoms with Crippen molar-refractivity contribution in [3.63, 3.8) is 0 Å². The molecule has 0 saturated carbocycles. The van der Waals surface area contributed by atoms with Gasteiger partial charge in [-0.05, 0) is 6.07 Å². The van der Waals surface area contributed by atoms with Crippen molar-refractivity contribution < 1.29 is 22.7 Å². The first-order valence-corrected chi connectivity index (χ1v) is 11.0. The smallest absolute Gasteiger partial charge is 0.266 e. The first kappa shape index (κ1) is 24.6. The number of aryl methyl sites for hydroxylation is 1. The molecule has 1 saturated heterocycles. The number of aromatic nitrogens is 3. The number of likely N-dealkylation sites (tertiary alicyclic amines) is 1. The number of methoxy groups -OCH3 is 1. The Hall–Kier alpha value is -3.47. The fraction of sp³-hybridized carbons (Fsp3) is 0.417. The summed E-state index contributed by atoms with van der Waals surface area (Å²) in [5.74, 6) is -0.686. The summed E-state index contributed by atoms with van der Waals surface area (Å²) in [6.45, 7) is 2.10. The maximum atomic E-state index is 14.7. The molecule has 1 aliphatic rings. The average molecular weight is 489 g/mol. The highest BCUT2D eigenvalue weighted by molar-refractivity contribution is 5.87. The molecule has 3 heterocycles. The summed E-state index contributed by atoms with van der Waals surface area (Å²) in [5, 5.41) is 0.509. The van der Waals surface area contributed by atoms with E-state index in [4.69, 9.17) is 4.74 Å². The number of amides is 1. The summed E-state index contributed by atoms with van der Waals surface area (Å²) < 4.78 is 48.2. The molecule has 8 nitrogen and oxygen atoms in total. The normalized spacial score (nSPS) is 18.0. The number of hydrogen-bond donors (Lipinski definition) is 0. The van der Waals surface area contributed by atoms with Crippen LogP contribution in [0.3, 0.4) is 0 Å². The van der Waals surface area contributed by atoms with E-state index in [-0.39, 0.29) is 30.1 Å². The molecule has 0 radical (unpaired) electrons. The third-order valence-electron chi connectivity index (χ3n) is 6.65. The van der Waals surface area contributed by atoms with Crippen LogP contribution >= 0.6 is 0 Å². The second-order valence-electron chi connectivity index (χ2n) is 8.72. The molecule has 1 fully saturated rings. The molecule has 0 bridgehead atoms.